The molecule has 2 heterocycles. The molecule has 7 rings (SSSR count). The minimum absolute atomic E-state index is 0.170. The highest BCUT2D eigenvalue weighted by molar-refractivity contribution is 5.79. The smallest absolute Gasteiger partial charge is 0.320 e. The molecular formula is C20H30N2O2. The first-order chi connectivity index (χ1) is 11.6. The summed E-state index contributed by atoms with van der Waals surface area (Å²) in [6.07, 6.45) is 11.9. The molecule has 5 aliphatic carbocycles. The number of hydrogen-bond acceptors (Lipinski definition) is 2. The van der Waals surface area contributed by atoms with E-state index < -0.39 is 5.60 Å². The van der Waals surface area contributed by atoms with Gasteiger partial charge in [-0.05, 0) is 75.0 Å². The monoisotopic (exact) mass is 330 g/mol. The summed E-state index contributed by atoms with van der Waals surface area (Å²) in [5.74, 6) is 2.73. The zero-order chi connectivity index (χ0) is 16.1. The van der Waals surface area contributed by atoms with E-state index in [0.717, 1.165) is 44.2 Å². The van der Waals surface area contributed by atoms with Gasteiger partial charge < -0.3 is 14.9 Å². The molecule has 2 aliphatic heterocycles. The lowest BCUT2D eigenvalue weighted by Crippen LogP contribution is -2.62. The topological polar surface area (TPSA) is 43.8 Å². The normalized spacial score (nSPS) is 52.5. The van der Waals surface area contributed by atoms with Crippen molar-refractivity contribution in [3.05, 3.63) is 0 Å². The van der Waals surface area contributed by atoms with E-state index in [1.54, 1.807) is 0 Å². The van der Waals surface area contributed by atoms with Crippen LogP contribution in [0.25, 0.3) is 0 Å². The highest BCUT2D eigenvalue weighted by Gasteiger charge is 2.61. The van der Waals surface area contributed by atoms with Gasteiger partial charge in [0.05, 0.1) is 11.1 Å². The third-order valence-electron chi connectivity index (χ3n) is 8.45. The summed E-state index contributed by atoms with van der Waals surface area (Å²) in [7, 11) is 0. The minimum Gasteiger partial charge on any atom is -0.390 e. The number of hydrogen-bond donors (Lipinski definition) is 1. The van der Waals surface area contributed by atoms with Crippen molar-refractivity contribution in [3.8, 4) is 0 Å². The average molecular weight is 330 g/mol. The number of carbonyl (C=O) groups excluding carboxylic acids is 1. The van der Waals surface area contributed by atoms with Crippen LogP contribution < -0.4 is 0 Å². The van der Waals surface area contributed by atoms with Crippen molar-refractivity contribution >= 4 is 6.03 Å². The Hall–Kier alpha value is -0.770. The van der Waals surface area contributed by atoms with Crippen LogP contribution in [0, 0.1) is 23.7 Å². The summed E-state index contributed by atoms with van der Waals surface area (Å²) in [5.41, 5.74) is -0.221. The van der Waals surface area contributed by atoms with Crippen molar-refractivity contribution in [1.29, 1.82) is 0 Å². The second-order valence-electron chi connectivity index (χ2n) is 10.2. The number of urea groups is 1. The van der Waals surface area contributed by atoms with Crippen LogP contribution in [0.4, 0.5) is 4.79 Å². The molecule has 0 aromatic rings. The number of aliphatic hydroxyl groups is 1. The Labute approximate surface area is 144 Å². The predicted octanol–water partition coefficient (Wildman–Crippen LogP) is 3.00. The van der Waals surface area contributed by atoms with Crippen molar-refractivity contribution in [2.75, 3.05) is 13.1 Å². The fourth-order valence-electron chi connectivity index (χ4n) is 7.77. The van der Waals surface area contributed by atoms with Crippen LogP contribution in [-0.4, -0.2) is 51.2 Å². The Morgan fingerprint density at radius 2 is 1.88 bits per heavy atom. The zero-order valence-electron chi connectivity index (χ0n) is 14.6. The van der Waals surface area contributed by atoms with Crippen LogP contribution in [0.3, 0.4) is 0 Å². The molecule has 4 nitrogen and oxygen atoms in total. The van der Waals surface area contributed by atoms with E-state index in [0.29, 0.717) is 23.9 Å². The van der Waals surface area contributed by atoms with Crippen LogP contribution in [0.15, 0.2) is 0 Å². The molecule has 4 bridgehead atoms. The van der Waals surface area contributed by atoms with Crippen LogP contribution in [0.5, 0.6) is 0 Å². The second-order valence-corrected chi connectivity index (χ2v) is 10.2. The first-order valence-electron chi connectivity index (χ1n) is 10.4. The summed E-state index contributed by atoms with van der Waals surface area (Å²) in [5, 5.41) is 10.9. The number of fused-ring (bicyclic) bond motifs is 1. The van der Waals surface area contributed by atoms with E-state index in [4.69, 9.17) is 0 Å². The quantitative estimate of drug-likeness (QED) is 0.864. The molecule has 0 spiro atoms. The van der Waals surface area contributed by atoms with Gasteiger partial charge in [0.25, 0.3) is 0 Å². The lowest BCUT2D eigenvalue weighted by Gasteiger charge is -2.59. The number of nitrogens with zero attached hydrogens (tertiary/aromatic N) is 2. The molecule has 4 heteroatoms. The Kier molecular flexibility index (Phi) is 2.70. The second kappa shape index (κ2) is 4.49. The lowest BCUT2D eigenvalue weighted by atomic mass is 9.52. The zero-order valence-corrected chi connectivity index (χ0v) is 14.6. The van der Waals surface area contributed by atoms with Crippen LogP contribution in [0.2, 0.25) is 0 Å². The van der Waals surface area contributed by atoms with Gasteiger partial charge in [-0.2, -0.15) is 0 Å². The standard InChI is InChI=1S/C20H30N2O2/c23-18-21(12-19(8-13-2-3-13)4-1-5-22(18)19)17-15-6-14-7-16(17)11-20(24,9-14)10-15/h13-17,24H,1-12H2. The van der Waals surface area contributed by atoms with Gasteiger partial charge in [0.2, 0.25) is 0 Å². The van der Waals surface area contributed by atoms with Gasteiger partial charge in [0, 0.05) is 19.1 Å². The molecule has 5 saturated carbocycles. The van der Waals surface area contributed by atoms with E-state index in [1.165, 1.54) is 44.9 Å². The van der Waals surface area contributed by atoms with Crippen molar-refractivity contribution in [2.24, 2.45) is 23.7 Å². The molecule has 2 saturated heterocycles. The van der Waals surface area contributed by atoms with E-state index in [2.05, 4.69) is 9.80 Å². The Bertz CT molecular complexity index is 572. The van der Waals surface area contributed by atoms with Crippen molar-refractivity contribution in [1.82, 2.24) is 9.80 Å². The molecule has 7 fully saturated rings. The number of carbonyl (C=O) groups is 1. The first-order valence-corrected chi connectivity index (χ1v) is 10.4. The largest absolute Gasteiger partial charge is 0.390 e. The van der Waals surface area contributed by atoms with Gasteiger partial charge in [0.15, 0.2) is 0 Å². The van der Waals surface area contributed by atoms with Gasteiger partial charge in [-0.15, -0.1) is 0 Å². The average Bonchev–Trinajstić information content (AvgIpc) is 3.14. The highest BCUT2D eigenvalue weighted by Crippen LogP contribution is 2.58. The Morgan fingerprint density at radius 1 is 1.12 bits per heavy atom. The Balaban J connectivity index is 1.30. The fourth-order valence-corrected chi connectivity index (χ4v) is 7.77. The molecular weight excluding hydrogens is 300 g/mol. The summed E-state index contributed by atoms with van der Waals surface area (Å²) >= 11 is 0. The molecule has 7 aliphatic rings. The maximum Gasteiger partial charge on any atom is 0.320 e. The van der Waals surface area contributed by atoms with Crippen LogP contribution in [0.1, 0.15) is 64.2 Å². The minimum atomic E-state index is -0.391. The third-order valence-corrected chi connectivity index (χ3v) is 8.45. The SMILES string of the molecule is O=C1N(C2C3CC4CC2CC(O)(C4)C3)CC2(CC3CC3)CCCN12. The summed E-state index contributed by atoms with van der Waals surface area (Å²) < 4.78 is 0. The van der Waals surface area contributed by atoms with Crippen LogP contribution in [-0.2, 0) is 0 Å². The first kappa shape index (κ1) is 14.4. The maximum absolute atomic E-state index is 13.3. The Morgan fingerprint density at radius 3 is 2.54 bits per heavy atom. The van der Waals surface area contributed by atoms with Crippen LogP contribution >= 0.6 is 0 Å². The molecule has 1 N–H and O–H groups in total. The van der Waals surface area contributed by atoms with Crippen molar-refractivity contribution in [2.45, 2.75) is 81.4 Å². The van der Waals surface area contributed by atoms with Gasteiger partial charge >= 0.3 is 6.03 Å². The molecule has 0 aromatic carbocycles. The molecule has 2 amide bonds. The summed E-state index contributed by atoms with van der Waals surface area (Å²) in [4.78, 5) is 17.9. The van der Waals surface area contributed by atoms with Crippen molar-refractivity contribution < 1.29 is 9.90 Å². The molecule has 0 radical (unpaired) electrons. The van der Waals surface area contributed by atoms with Gasteiger partial charge in [0.1, 0.15) is 0 Å². The highest BCUT2D eigenvalue weighted by atomic mass is 16.3. The van der Waals surface area contributed by atoms with E-state index >= 15 is 0 Å². The van der Waals surface area contributed by atoms with E-state index in [-0.39, 0.29) is 5.54 Å². The van der Waals surface area contributed by atoms with Gasteiger partial charge in [-0.3, -0.25) is 0 Å². The lowest BCUT2D eigenvalue weighted by molar-refractivity contribution is -0.152. The molecule has 3 atom stereocenters. The van der Waals surface area contributed by atoms with Gasteiger partial charge in [-0.1, -0.05) is 12.8 Å². The number of amides is 2. The molecule has 132 valence electrons. The number of rotatable bonds is 3. The fraction of sp³-hybridized carbons (Fsp3) is 0.950. The predicted molar refractivity (Wildman–Crippen MR) is 90.4 cm³/mol. The summed E-state index contributed by atoms with van der Waals surface area (Å²) in [6.45, 7) is 1.97. The molecule has 0 aromatic heterocycles. The maximum atomic E-state index is 13.3. The molecule has 24 heavy (non-hydrogen) atoms. The summed E-state index contributed by atoms with van der Waals surface area (Å²) in [6, 6.07) is 0.772. The third kappa shape index (κ3) is 1.87. The van der Waals surface area contributed by atoms with E-state index in [1.807, 2.05) is 0 Å². The van der Waals surface area contributed by atoms with Crippen molar-refractivity contribution in [3.63, 3.8) is 0 Å². The van der Waals surface area contributed by atoms with Gasteiger partial charge in [-0.25, -0.2) is 4.79 Å². The molecule has 3 unspecified atom stereocenters. The van der Waals surface area contributed by atoms with E-state index in [9.17, 15) is 9.90 Å².